The van der Waals surface area contributed by atoms with E-state index in [1.165, 1.54) is 13.4 Å². The summed E-state index contributed by atoms with van der Waals surface area (Å²) in [4.78, 5) is 27.9. The van der Waals surface area contributed by atoms with Gasteiger partial charge in [-0.1, -0.05) is 0 Å². The van der Waals surface area contributed by atoms with Crippen LogP contribution in [-0.2, 0) is 22.7 Å². The minimum absolute atomic E-state index is 0.0724. The van der Waals surface area contributed by atoms with E-state index in [2.05, 4.69) is 27.9 Å². The Morgan fingerprint density at radius 2 is 2.03 bits per heavy atom. The predicted molar refractivity (Wildman–Crippen MR) is 141 cm³/mol. The monoisotopic (exact) mass is 626 g/mol. The topological polar surface area (TPSA) is 142 Å². The maximum atomic E-state index is 13.4. The summed E-state index contributed by atoms with van der Waals surface area (Å²) in [5.74, 6) is 0.128. The van der Waals surface area contributed by atoms with Crippen LogP contribution < -0.4 is 14.8 Å². The van der Waals surface area contributed by atoms with E-state index in [1.807, 2.05) is 0 Å². The van der Waals surface area contributed by atoms with Crippen LogP contribution in [0.25, 0.3) is 0 Å². The predicted octanol–water partition coefficient (Wildman–Crippen LogP) is 1.74. The number of methoxy groups -OCH3 is 1. The molecule has 4 rings (SSSR count). The van der Waals surface area contributed by atoms with Gasteiger partial charge in [-0.3, -0.25) is 9.59 Å². The fourth-order valence-electron chi connectivity index (χ4n) is 4.40. The van der Waals surface area contributed by atoms with E-state index < -0.39 is 24.2 Å². The summed E-state index contributed by atoms with van der Waals surface area (Å²) in [6, 6.07) is 4.40. The number of ether oxygens (including phenoxy) is 2. The number of aliphatic hydroxyl groups excluding tert-OH is 3. The molecule has 0 radical (unpaired) electrons. The number of nitrogens with zero attached hydrogens (tertiary/aromatic N) is 1. The smallest absolute Gasteiger partial charge is 0.247 e. The highest BCUT2D eigenvalue weighted by molar-refractivity contribution is 14.1. The van der Waals surface area contributed by atoms with E-state index in [-0.39, 0.29) is 44.5 Å². The van der Waals surface area contributed by atoms with E-state index in [4.69, 9.17) is 19.0 Å². The van der Waals surface area contributed by atoms with E-state index in [0.717, 1.165) is 18.4 Å². The van der Waals surface area contributed by atoms with Gasteiger partial charge in [0, 0.05) is 36.6 Å². The van der Waals surface area contributed by atoms with Crippen LogP contribution in [0.3, 0.4) is 0 Å². The van der Waals surface area contributed by atoms with E-state index >= 15 is 0 Å². The number of nitrogens with one attached hydrogen (secondary N) is 1. The first-order chi connectivity index (χ1) is 17.9. The molecule has 1 aromatic heterocycles. The number of benzene rings is 1. The Kier molecular flexibility index (Phi) is 9.11. The molecule has 2 aromatic rings. The van der Waals surface area contributed by atoms with Gasteiger partial charge < -0.3 is 39.4 Å². The van der Waals surface area contributed by atoms with Gasteiger partial charge in [-0.2, -0.15) is 0 Å². The molecule has 0 bridgehead atoms. The molecule has 1 saturated carbocycles. The van der Waals surface area contributed by atoms with Crippen LogP contribution in [-0.4, -0.2) is 70.5 Å². The minimum atomic E-state index is -1.15. The van der Waals surface area contributed by atoms with Crippen molar-refractivity contribution in [1.29, 1.82) is 0 Å². The molecule has 1 heterocycles. The Bertz CT molecular complexity index is 1130. The lowest BCUT2D eigenvalue weighted by Crippen LogP contribution is -2.55. The molecule has 2 aliphatic carbocycles. The molecule has 4 N–H and O–H groups in total. The molecule has 1 aromatic carbocycles. The minimum Gasteiger partial charge on any atom is -0.493 e. The zero-order valence-electron chi connectivity index (χ0n) is 20.4. The van der Waals surface area contributed by atoms with E-state index in [9.17, 15) is 19.8 Å². The average Bonchev–Trinajstić information content (AvgIpc) is 3.63. The van der Waals surface area contributed by atoms with E-state index in [1.54, 1.807) is 35.4 Å². The summed E-state index contributed by atoms with van der Waals surface area (Å²) in [6.45, 7) is -0.104. The number of carbonyl (C=O) groups excluding carboxylic acids is 2. The normalized spacial score (nSPS) is 21.2. The number of amides is 2. The molecule has 11 heteroatoms. The van der Waals surface area contributed by atoms with Crippen molar-refractivity contribution in [2.24, 2.45) is 5.92 Å². The Balaban J connectivity index is 1.69. The van der Waals surface area contributed by atoms with Gasteiger partial charge in [-0.25, -0.2) is 0 Å². The largest absolute Gasteiger partial charge is 0.493 e. The first-order valence-electron chi connectivity index (χ1n) is 12.1. The number of aliphatic hydroxyl groups is 3. The maximum Gasteiger partial charge on any atom is 0.247 e. The van der Waals surface area contributed by atoms with Gasteiger partial charge in [0.1, 0.15) is 12.2 Å². The van der Waals surface area contributed by atoms with Crippen LogP contribution in [0.1, 0.15) is 30.4 Å². The molecule has 37 heavy (non-hydrogen) atoms. The van der Waals surface area contributed by atoms with Crippen molar-refractivity contribution in [3.8, 4) is 11.5 Å². The number of hydrogen-bond acceptors (Lipinski definition) is 8. The number of rotatable bonds is 11. The van der Waals surface area contributed by atoms with Crippen molar-refractivity contribution in [1.82, 2.24) is 10.2 Å². The molecular formula is C26H31IN2O8. The van der Waals surface area contributed by atoms with Gasteiger partial charge in [0.15, 0.2) is 11.5 Å². The Morgan fingerprint density at radius 3 is 2.65 bits per heavy atom. The summed E-state index contributed by atoms with van der Waals surface area (Å²) >= 11 is 2.06. The molecule has 2 amide bonds. The molecule has 0 spiro atoms. The van der Waals surface area contributed by atoms with Crippen LogP contribution in [0.5, 0.6) is 11.5 Å². The average molecular weight is 626 g/mol. The number of halogens is 1. The first kappa shape index (κ1) is 27.4. The molecule has 0 saturated heterocycles. The van der Waals surface area contributed by atoms with Crippen molar-refractivity contribution in [3.63, 3.8) is 0 Å². The second-order valence-electron chi connectivity index (χ2n) is 9.16. The van der Waals surface area contributed by atoms with Crippen molar-refractivity contribution >= 4 is 34.4 Å². The van der Waals surface area contributed by atoms with Gasteiger partial charge in [-0.15, -0.1) is 0 Å². The highest BCUT2D eigenvalue weighted by atomic mass is 127. The maximum absolute atomic E-state index is 13.4. The van der Waals surface area contributed by atoms with Crippen LogP contribution in [0.15, 0.2) is 46.8 Å². The van der Waals surface area contributed by atoms with Crippen molar-refractivity contribution in [3.05, 3.63) is 57.1 Å². The third-order valence-corrected chi connectivity index (χ3v) is 7.28. The lowest BCUT2D eigenvalue weighted by molar-refractivity contribution is -0.140. The highest BCUT2D eigenvalue weighted by Crippen LogP contribution is 2.39. The van der Waals surface area contributed by atoms with Crippen molar-refractivity contribution in [2.45, 2.75) is 50.7 Å². The SMILES string of the molecule is COc1cc(CO)cc(I)c1O[C@H]1C=C(C(=O)NCCO)C[C@@H](N(Cc2ccoc2)C(=O)C2CC2)[C@@H]1O. The summed E-state index contributed by atoms with van der Waals surface area (Å²) in [5, 5.41) is 32.9. The third-order valence-electron chi connectivity index (χ3n) is 6.48. The fraction of sp³-hybridized carbons (Fsp3) is 0.462. The molecule has 0 aliphatic heterocycles. The summed E-state index contributed by atoms with van der Waals surface area (Å²) in [5.41, 5.74) is 1.75. The number of hydrogen-bond donors (Lipinski definition) is 4. The number of furan rings is 1. The Labute approximate surface area is 228 Å². The van der Waals surface area contributed by atoms with E-state index in [0.29, 0.717) is 26.2 Å². The van der Waals surface area contributed by atoms with Crippen LogP contribution in [0, 0.1) is 9.49 Å². The zero-order chi connectivity index (χ0) is 26.5. The summed E-state index contributed by atoms with van der Waals surface area (Å²) in [7, 11) is 1.48. The first-order valence-corrected chi connectivity index (χ1v) is 13.2. The molecule has 200 valence electrons. The Morgan fingerprint density at radius 1 is 1.24 bits per heavy atom. The second-order valence-corrected chi connectivity index (χ2v) is 10.3. The third kappa shape index (κ3) is 6.46. The zero-order valence-corrected chi connectivity index (χ0v) is 22.6. The van der Waals surface area contributed by atoms with Crippen LogP contribution in [0.4, 0.5) is 0 Å². The molecule has 3 atom stereocenters. The van der Waals surface area contributed by atoms with Gasteiger partial charge >= 0.3 is 0 Å². The quantitative estimate of drug-likeness (QED) is 0.277. The summed E-state index contributed by atoms with van der Waals surface area (Å²) < 4.78 is 17.6. The fourth-order valence-corrected chi connectivity index (χ4v) is 5.19. The highest BCUT2D eigenvalue weighted by Gasteiger charge is 2.44. The second kappa shape index (κ2) is 12.3. The van der Waals surface area contributed by atoms with Gasteiger partial charge in [0.2, 0.25) is 11.8 Å². The molecule has 0 unspecified atom stereocenters. The van der Waals surface area contributed by atoms with Gasteiger partial charge in [0.05, 0.1) is 42.5 Å². The number of carbonyl (C=O) groups is 2. The Hall–Kier alpha value is -2.61. The molecular weight excluding hydrogens is 595 g/mol. The lowest BCUT2D eigenvalue weighted by Gasteiger charge is -2.40. The molecule has 1 fully saturated rings. The van der Waals surface area contributed by atoms with Gasteiger partial charge in [-0.05, 0) is 65.3 Å². The van der Waals surface area contributed by atoms with Gasteiger partial charge in [0.25, 0.3) is 0 Å². The standard InChI is InChI=1S/C26H31IN2O8/c1-35-22-9-16(13-31)8-19(27)24(22)37-21-11-18(25(33)28-5-6-30)10-20(23(21)32)29(26(34)17-2-3-17)12-15-4-7-36-14-15/h4,7-9,11,14,17,20-21,23,30-32H,2-3,5-6,10,12-13H2,1H3,(H,28,33)/t20-,21+,23+/m1/s1. The molecule has 2 aliphatic rings. The summed E-state index contributed by atoms with van der Waals surface area (Å²) in [6.07, 6.45) is 4.20. The lowest BCUT2D eigenvalue weighted by atomic mass is 9.87. The molecule has 10 nitrogen and oxygen atoms in total. The van der Waals surface area contributed by atoms with Crippen LogP contribution >= 0.6 is 22.6 Å². The van der Waals surface area contributed by atoms with Crippen LogP contribution in [0.2, 0.25) is 0 Å². The van der Waals surface area contributed by atoms with Crippen molar-refractivity contribution < 1.29 is 38.8 Å². The van der Waals surface area contributed by atoms with Crippen molar-refractivity contribution in [2.75, 3.05) is 20.3 Å².